The summed E-state index contributed by atoms with van der Waals surface area (Å²) in [5.74, 6) is -1.25. The Kier molecular flexibility index (Phi) is 5.11. The molecule has 1 amide bonds. The number of rotatable bonds is 3. The minimum Gasteiger partial charge on any atom is -0.331 e. The summed E-state index contributed by atoms with van der Waals surface area (Å²) in [4.78, 5) is 11.9. The summed E-state index contributed by atoms with van der Waals surface area (Å²) in [7, 11) is -3.87. The number of carbonyl (C=O) groups excluding carboxylic acids is 1. The maximum absolute atomic E-state index is 13.7. The average molecular weight is 428 g/mol. The van der Waals surface area contributed by atoms with Crippen LogP contribution in [-0.4, -0.2) is 25.1 Å². The van der Waals surface area contributed by atoms with Crippen LogP contribution in [0, 0.1) is 5.82 Å². The highest BCUT2D eigenvalue weighted by molar-refractivity contribution is 7.89. The van der Waals surface area contributed by atoms with Crippen LogP contribution in [0.25, 0.3) is 0 Å². The molecule has 1 aliphatic heterocycles. The van der Waals surface area contributed by atoms with Gasteiger partial charge in [0.05, 0.1) is 15.6 Å². The minimum absolute atomic E-state index is 0.0234. The van der Waals surface area contributed by atoms with Crippen molar-refractivity contribution in [3.05, 3.63) is 52.8 Å². The molecule has 0 atom stereocenters. The maximum Gasteiger partial charge on any atom is 0.276 e. The Morgan fingerprint density at radius 2 is 2.04 bits per heavy atom. The molecular weight excluding hydrogens is 417 g/mol. The first-order chi connectivity index (χ1) is 12.6. The van der Waals surface area contributed by atoms with Crippen LogP contribution in [0.4, 0.5) is 15.8 Å². The van der Waals surface area contributed by atoms with Crippen LogP contribution in [0.5, 0.6) is 0 Å². The molecule has 0 bridgehead atoms. The van der Waals surface area contributed by atoms with Crippen LogP contribution in [-0.2, 0) is 14.8 Å². The zero-order chi connectivity index (χ0) is 19.8. The normalized spacial score (nSPS) is 14.6. The number of hydrogen-bond donors (Lipinski definition) is 4. The minimum atomic E-state index is -3.87. The maximum atomic E-state index is 13.7. The van der Waals surface area contributed by atoms with Crippen molar-refractivity contribution >= 4 is 61.9 Å². The Morgan fingerprint density at radius 1 is 1.30 bits per heavy atom. The second-order valence-corrected chi connectivity index (χ2v) is 7.74. The fourth-order valence-corrected chi connectivity index (χ4v) is 3.16. The van der Waals surface area contributed by atoms with E-state index in [4.69, 9.17) is 29.0 Å². The number of nitrogens with two attached hydrogens (primary N) is 1. The second-order valence-electron chi connectivity index (χ2n) is 5.37. The van der Waals surface area contributed by atoms with Gasteiger partial charge in [-0.3, -0.25) is 10.2 Å². The summed E-state index contributed by atoms with van der Waals surface area (Å²) in [6, 6.07) is 8.01. The van der Waals surface area contributed by atoms with Gasteiger partial charge in [-0.25, -0.2) is 17.9 Å². The SMILES string of the molecule is NS(=O)(=O)c1cccc(NC(=S)NN=C2C(=O)Nc3cc(Cl)c(F)cc32)c1. The number of amides is 1. The number of thiocarbonyl (C=S) groups is 1. The molecule has 0 unspecified atom stereocenters. The van der Waals surface area contributed by atoms with Gasteiger partial charge in [-0.1, -0.05) is 17.7 Å². The van der Waals surface area contributed by atoms with Crippen molar-refractivity contribution in [1.29, 1.82) is 0 Å². The van der Waals surface area contributed by atoms with Gasteiger partial charge in [0.2, 0.25) is 10.0 Å². The largest absolute Gasteiger partial charge is 0.331 e. The van der Waals surface area contributed by atoms with Crippen molar-refractivity contribution in [2.45, 2.75) is 4.90 Å². The third-order valence-electron chi connectivity index (χ3n) is 3.47. The van der Waals surface area contributed by atoms with Crippen LogP contribution < -0.4 is 21.2 Å². The van der Waals surface area contributed by atoms with Gasteiger partial charge in [0.1, 0.15) is 5.82 Å². The van der Waals surface area contributed by atoms with E-state index in [0.717, 1.165) is 6.07 Å². The van der Waals surface area contributed by atoms with E-state index in [1.54, 1.807) is 6.07 Å². The lowest BCUT2D eigenvalue weighted by molar-refractivity contribution is -0.110. The number of benzene rings is 2. The number of sulfonamides is 1. The molecular formula is C15H11ClFN5O3S2. The molecule has 1 aliphatic rings. The first-order valence-corrected chi connectivity index (χ1v) is 9.57. The summed E-state index contributed by atoms with van der Waals surface area (Å²) in [6.07, 6.45) is 0. The Balaban J connectivity index is 1.77. The number of nitrogens with one attached hydrogen (secondary N) is 3. The molecule has 0 fully saturated rings. The Hall–Kier alpha value is -2.60. The number of nitrogens with zero attached hydrogens (tertiary/aromatic N) is 1. The third-order valence-corrected chi connectivity index (χ3v) is 4.86. The molecule has 3 rings (SSSR count). The monoisotopic (exact) mass is 427 g/mol. The van der Waals surface area contributed by atoms with Crippen molar-refractivity contribution in [2.24, 2.45) is 10.2 Å². The zero-order valence-electron chi connectivity index (χ0n) is 13.3. The summed E-state index contributed by atoms with van der Waals surface area (Å²) in [6.45, 7) is 0. The highest BCUT2D eigenvalue weighted by Gasteiger charge is 2.28. The lowest BCUT2D eigenvalue weighted by atomic mass is 10.1. The van der Waals surface area contributed by atoms with Crippen molar-refractivity contribution in [3.8, 4) is 0 Å². The molecule has 2 aromatic rings. The van der Waals surface area contributed by atoms with Crippen LogP contribution in [0.15, 0.2) is 46.4 Å². The van der Waals surface area contributed by atoms with E-state index < -0.39 is 21.7 Å². The molecule has 0 radical (unpaired) electrons. The molecule has 27 heavy (non-hydrogen) atoms. The lowest BCUT2D eigenvalue weighted by Crippen LogP contribution is -2.27. The van der Waals surface area contributed by atoms with E-state index in [1.807, 2.05) is 0 Å². The van der Waals surface area contributed by atoms with Crippen molar-refractivity contribution in [2.75, 3.05) is 10.6 Å². The number of anilines is 2. The molecule has 0 spiro atoms. The number of halogens is 2. The van der Waals surface area contributed by atoms with Gasteiger partial charge in [0.15, 0.2) is 10.8 Å². The molecule has 0 saturated heterocycles. The van der Waals surface area contributed by atoms with Gasteiger partial charge in [0.25, 0.3) is 5.91 Å². The van der Waals surface area contributed by atoms with Gasteiger partial charge >= 0.3 is 0 Å². The van der Waals surface area contributed by atoms with E-state index in [2.05, 4.69) is 21.2 Å². The second kappa shape index (κ2) is 7.19. The number of hydrogen-bond acceptors (Lipinski definition) is 5. The predicted octanol–water partition coefficient (Wildman–Crippen LogP) is 1.77. The fourth-order valence-electron chi connectivity index (χ4n) is 2.28. The smallest absolute Gasteiger partial charge is 0.276 e. The molecule has 0 saturated carbocycles. The Bertz CT molecular complexity index is 1100. The van der Waals surface area contributed by atoms with E-state index >= 15 is 0 Å². The first kappa shape index (κ1) is 19.2. The number of carbonyl (C=O) groups is 1. The van der Waals surface area contributed by atoms with E-state index in [9.17, 15) is 17.6 Å². The molecule has 0 aliphatic carbocycles. The van der Waals surface area contributed by atoms with Gasteiger partial charge in [-0.05, 0) is 42.5 Å². The number of hydrazone groups is 1. The molecule has 1 heterocycles. The van der Waals surface area contributed by atoms with Crippen molar-refractivity contribution in [1.82, 2.24) is 5.43 Å². The highest BCUT2D eigenvalue weighted by Crippen LogP contribution is 2.29. The molecule has 5 N–H and O–H groups in total. The van der Waals surface area contributed by atoms with Crippen LogP contribution in [0.2, 0.25) is 5.02 Å². The van der Waals surface area contributed by atoms with E-state index in [0.29, 0.717) is 11.4 Å². The number of primary sulfonamides is 1. The van der Waals surface area contributed by atoms with Crippen LogP contribution >= 0.6 is 23.8 Å². The summed E-state index contributed by atoms with van der Waals surface area (Å²) < 4.78 is 36.4. The molecule has 8 nitrogen and oxygen atoms in total. The van der Waals surface area contributed by atoms with Gasteiger partial charge in [0, 0.05) is 11.3 Å². The van der Waals surface area contributed by atoms with Gasteiger partial charge < -0.3 is 10.6 Å². The molecule has 140 valence electrons. The standard InChI is InChI=1S/C15H11ClFN5O3S2/c16-10-6-12-9(5-11(10)17)13(14(23)20-12)21-22-15(26)19-7-2-1-3-8(4-7)27(18,24)25/h1-6H,(H2,18,24,25)(H2,19,22,26)(H,20,21,23). The quantitative estimate of drug-likeness (QED) is 0.437. The molecule has 0 aromatic heterocycles. The summed E-state index contributed by atoms with van der Waals surface area (Å²) in [5, 5.41) is 14.0. The van der Waals surface area contributed by atoms with Crippen LogP contribution in [0.3, 0.4) is 0 Å². The fraction of sp³-hybridized carbons (Fsp3) is 0. The Morgan fingerprint density at radius 3 is 2.74 bits per heavy atom. The highest BCUT2D eigenvalue weighted by atomic mass is 35.5. The number of fused-ring (bicyclic) bond motifs is 1. The summed E-state index contributed by atoms with van der Waals surface area (Å²) in [5.41, 5.74) is 3.26. The molecule has 2 aromatic carbocycles. The van der Waals surface area contributed by atoms with Gasteiger partial charge in [-0.2, -0.15) is 5.10 Å². The van der Waals surface area contributed by atoms with Crippen LogP contribution in [0.1, 0.15) is 5.56 Å². The Labute approximate surface area is 163 Å². The molecule has 12 heteroatoms. The average Bonchev–Trinajstić information content (AvgIpc) is 2.87. The topological polar surface area (TPSA) is 126 Å². The third kappa shape index (κ3) is 4.22. The lowest BCUT2D eigenvalue weighted by Gasteiger charge is -2.08. The summed E-state index contributed by atoms with van der Waals surface area (Å²) >= 11 is 10.7. The zero-order valence-corrected chi connectivity index (χ0v) is 15.7. The van der Waals surface area contributed by atoms with Gasteiger partial charge in [-0.15, -0.1) is 0 Å². The van der Waals surface area contributed by atoms with E-state index in [-0.39, 0.29) is 26.3 Å². The first-order valence-electron chi connectivity index (χ1n) is 7.23. The van der Waals surface area contributed by atoms with E-state index in [1.165, 1.54) is 24.3 Å². The predicted molar refractivity (Wildman–Crippen MR) is 104 cm³/mol. The van der Waals surface area contributed by atoms with Crippen molar-refractivity contribution < 1.29 is 17.6 Å². The van der Waals surface area contributed by atoms with Crippen molar-refractivity contribution in [3.63, 3.8) is 0 Å².